The molecule has 170 valence electrons. The van der Waals surface area contributed by atoms with Crippen molar-refractivity contribution in [3.05, 3.63) is 135 Å². The molecule has 4 aromatic carbocycles. The van der Waals surface area contributed by atoms with Crippen LogP contribution in [0.4, 0.5) is 0 Å². The Labute approximate surface area is 232 Å². The zero-order valence-electron chi connectivity index (χ0n) is 19.5. The first-order valence-electron chi connectivity index (χ1n) is 10.4. The second kappa shape index (κ2) is 14.1. The van der Waals surface area contributed by atoms with Gasteiger partial charge >= 0.3 is 21.7 Å². The fourth-order valence-electron chi connectivity index (χ4n) is 4.63. The van der Waals surface area contributed by atoms with Crippen molar-refractivity contribution in [3.63, 3.8) is 0 Å². The number of hydrogen-bond acceptors (Lipinski definition) is 0. The van der Waals surface area contributed by atoms with Gasteiger partial charge in [0.05, 0.1) is 0 Å². The summed E-state index contributed by atoms with van der Waals surface area (Å²) in [4.78, 5) is 0. The molecule has 0 aliphatic rings. The van der Waals surface area contributed by atoms with Crippen LogP contribution < -0.4 is 37.2 Å². The van der Waals surface area contributed by atoms with E-state index >= 15 is 0 Å². The van der Waals surface area contributed by atoms with Crippen LogP contribution in [0.2, 0.25) is 0 Å². The fourth-order valence-corrected chi connectivity index (χ4v) is 4.63. The standard InChI is InChI=1S/C29H29.3ClH.Ti/c1-20-13-21(2)16-26(15-20)29(27-17-22(3)14-23(4)18-27)28-12-8-11-25(28)19-24-9-6-5-7-10-24;;;;/h5-18,29H,19H2,1-4H3;3*1H;/q-1;;;;+4/p-3. The van der Waals surface area contributed by atoms with Crippen molar-refractivity contribution in [2.45, 2.75) is 40.0 Å². The molecule has 0 bridgehead atoms. The van der Waals surface area contributed by atoms with Crippen LogP contribution in [0.5, 0.6) is 0 Å². The van der Waals surface area contributed by atoms with Gasteiger partial charge in [0.25, 0.3) is 0 Å². The van der Waals surface area contributed by atoms with Gasteiger partial charge in [0.15, 0.2) is 0 Å². The van der Waals surface area contributed by atoms with Gasteiger partial charge in [0, 0.05) is 0 Å². The minimum Gasteiger partial charge on any atom is -1.00 e. The molecule has 0 spiro atoms. The number of benzene rings is 3. The van der Waals surface area contributed by atoms with Crippen LogP contribution in [0.25, 0.3) is 0 Å². The number of halogens is 3. The molecule has 0 unspecified atom stereocenters. The molecule has 0 saturated heterocycles. The van der Waals surface area contributed by atoms with Crippen LogP contribution >= 0.6 is 0 Å². The Bertz CT molecular complexity index is 1040. The van der Waals surface area contributed by atoms with Gasteiger partial charge in [-0.25, -0.2) is 12.1 Å². The average molecular weight is 532 g/mol. The first kappa shape index (κ1) is 31.6. The molecule has 0 aliphatic carbocycles. The number of aryl methyl sites for hydroxylation is 4. The van der Waals surface area contributed by atoms with E-state index in [0.717, 1.165) is 6.42 Å². The van der Waals surface area contributed by atoms with Crippen LogP contribution in [0.1, 0.15) is 56.0 Å². The maximum Gasteiger partial charge on any atom is 4.00 e. The molecule has 0 amide bonds. The Morgan fingerprint density at radius 1 is 0.606 bits per heavy atom. The van der Waals surface area contributed by atoms with Gasteiger partial charge in [-0.05, 0) is 56.7 Å². The Balaban J connectivity index is 0.00000256. The number of rotatable bonds is 5. The Morgan fingerprint density at radius 2 is 1.06 bits per heavy atom. The first-order chi connectivity index (χ1) is 14.0. The van der Waals surface area contributed by atoms with E-state index in [1.165, 1.54) is 50.1 Å². The maximum atomic E-state index is 2.36. The molecule has 0 heterocycles. The van der Waals surface area contributed by atoms with Crippen LogP contribution in [-0.4, -0.2) is 0 Å². The van der Waals surface area contributed by atoms with Crippen LogP contribution in [0, 0.1) is 27.7 Å². The topological polar surface area (TPSA) is 0 Å². The van der Waals surface area contributed by atoms with E-state index in [9.17, 15) is 0 Å². The summed E-state index contributed by atoms with van der Waals surface area (Å²) in [5.74, 6) is 0.251. The molecule has 0 radical (unpaired) electrons. The summed E-state index contributed by atoms with van der Waals surface area (Å²) in [5.41, 5.74) is 12.3. The Morgan fingerprint density at radius 3 is 1.52 bits per heavy atom. The molecular weight excluding hydrogens is 503 g/mol. The molecule has 0 aromatic heterocycles. The summed E-state index contributed by atoms with van der Waals surface area (Å²) in [6, 6.07) is 31.6. The summed E-state index contributed by atoms with van der Waals surface area (Å²) in [5, 5.41) is 0. The third-order valence-corrected chi connectivity index (χ3v) is 5.65. The fraction of sp³-hybridized carbons (Fsp3) is 0.207. The minimum absolute atomic E-state index is 0. The van der Waals surface area contributed by atoms with Crippen molar-refractivity contribution in [1.82, 2.24) is 0 Å². The van der Waals surface area contributed by atoms with Crippen molar-refractivity contribution in [1.29, 1.82) is 0 Å². The second-order valence-corrected chi connectivity index (χ2v) is 8.44. The predicted octanol–water partition coefficient (Wildman–Crippen LogP) is -1.58. The first-order valence-corrected chi connectivity index (χ1v) is 10.4. The normalized spacial score (nSPS) is 9.85. The van der Waals surface area contributed by atoms with Gasteiger partial charge in [-0.3, -0.25) is 0 Å². The van der Waals surface area contributed by atoms with Crippen molar-refractivity contribution >= 4 is 0 Å². The van der Waals surface area contributed by atoms with Crippen molar-refractivity contribution < 1.29 is 58.9 Å². The van der Waals surface area contributed by atoms with Crippen molar-refractivity contribution in [2.75, 3.05) is 0 Å². The van der Waals surface area contributed by atoms with Gasteiger partial charge < -0.3 is 37.2 Å². The molecular formula is C29H29Cl3Ti. The van der Waals surface area contributed by atoms with E-state index in [1.807, 2.05) is 0 Å². The van der Waals surface area contributed by atoms with Crippen LogP contribution in [-0.2, 0) is 28.1 Å². The third kappa shape index (κ3) is 7.81. The zero-order valence-corrected chi connectivity index (χ0v) is 23.3. The van der Waals surface area contributed by atoms with E-state index in [0.29, 0.717) is 0 Å². The molecule has 4 rings (SSSR count). The monoisotopic (exact) mass is 530 g/mol. The summed E-state index contributed by atoms with van der Waals surface area (Å²) >= 11 is 0. The quantitative estimate of drug-likeness (QED) is 0.216. The predicted molar refractivity (Wildman–Crippen MR) is 124 cm³/mol. The van der Waals surface area contributed by atoms with Crippen molar-refractivity contribution in [3.8, 4) is 0 Å². The molecule has 0 atom stereocenters. The van der Waals surface area contributed by atoms with Crippen LogP contribution in [0.15, 0.2) is 84.9 Å². The molecule has 0 saturated carbocycles. The molecule has 4 heteroatoms. The van der Waals surface area contributed by atoms with Gasteiger partial charge in [0.1, 0.15) is 0 Å². The second-order valence-electron chi connectivity index (χ2n) is 8.44. The van der Waals surface area contributed by atoms with E-state index < -0.39 is 0 Å². The summed E-state index contributed by atoms with van der Waals surface area (Å²) < 4.78 is 0. The van der Waals surface area contributed by atoms with E-state index in [1.54, 1.807) is 0 Å². The van der Waals surface area contributed by atoms with Crippen molar-refractivity contribution in [2.24, 2.45) is 0 Å². The largest absolute Gasteiger partial charge is 4.00 e. The summed E-state index contributed by atoms with van der Waals surface area (Å²) in [6.07, 6.45) is 0.968. The molecule has 0 N–H and O–H groups in total. The molecule has 0 aliphatic heterocycles. The van der Waals surface area contributed by atoms with Gasteiger partial charge in [-0.15, -0.1) is 5.56 Å². The van der Waals surface area contributed by atoms with Gasteiger partial charge in [0.2, 0.25) is 0 Å². The summed E-state index contributed by atoms with van der Waals surface area (Å²) in [7, 11) is 0. The minimum atomic E-state index is 0. The zero-order chi connectivity index (χ0) is 20.4. The summed E-state index contributed by atoms with van der Waals surface area (Å²) in [6.45, 7) is 8.80. The average Bonchev–Trinajstić information content (AvgIpc) is 3.09. The van der Waals surface area contributed by atoms with Gasteiger partial charge in [-0.1, -0.05) is 89.0 Å². The van der Waals surface area contributed by atoms with E-state index in [4.69, 9.17) is 0 Å². The van der Waals surface area contributed by atoms with Gasteiger partial charge in [-0.2, -0.15) is 11.6 Å². The SMILES string of the molecule is Cc1cc(C)cc(C(c2cc(C)cc(C)c2)[c-]2cccc2Cc2ccccc2)c1.[Cl-].[Cl-].[Cl-].[Ti+4]. The van der Waals surface area contributed by atoms with E-state index in [-0.39, 0.29) is 64.9 Å². The Kier molecular flexibility index (Phi) is 13.5. The maximum absolute atomic E-state index is 2.36. The van der Waals surface area contributed by atoms with E-state index in [2.05, 4.69) is 113 Å². The smallest absolute Gasteiger partial charge is 1.00 e. The molecule has 0 fully saturated rings. The van der Waals surface area contributed by atoms with Crippen LogP contribution in [0.3, 0.4) is 0 Å². The molecule has 4 aromatic rings. The third-order valence-electron chi connectivity index (χ3n) is 5.65. The number of hydrogen-bond donors (Lipinski definition) is 0. The molecule has 33 heavy (non-hydrogen) atoms. The Hall–Kier alpha value is -1.41. The molecule has 0 nitrogen and oxygen atoms in total.